The molecule has 0 heterocycles. The van der Waals surface area contributed by atoms with Crippen molar-refractivity contribution in [1.82, 2.24) is 0 Å². The molecule has 3 aromatic carbocycles. The molecular weight excluding hydrogens is 473 g/mol. The number of esters is 1. The van der Waals surface area contributed by atoms with Crippen LogP contribution in [-0.4, -0.2) is 38.2 Å². The first kappa shape index (κ1) is 24.0. The van der Waals surface area contributed by atoms with E-state index in [4.69, 9.17) is 9.47 Å². The van der Waals surface area contributed by atoms with Gasteiger partial charge >= 0.3 is 5.97 Å². The van der Waals surface area contributed by atoms with Gasteiger partial charge in [-0.25, -0.2) is 4.39 Å². The highest BCUT2D eigenvalue weighted by molar-refractivity contribution is 9.10. The fraction of sp³-hybridized carbons (Fsp3) is 0.269. The minimum absolute atomic E-state index is 0.203. The summed E-state index contributed by atoms with van der Waals surface area (Å²) in [4.78, 5) is 11.6. The normalized spacial score (nSPS) is 11.3. The standard InChI is InChI=1S/C26H28BrFNO3/c1-29(2,14-13-19-7-10-23(28)11-8-19)18-21-17-22(27)9-12-25(21)32-24-6-4-5-20(15-24)16-26(30)31-3/h4-12,15,17H,13-14,16,18H2,1-3H3/q+1. The van der Waals surface area contributed by atoms with E-state index in [-0.39, 0.29) is 18.2 Å². The smallest absolute Gasteiger partial charge is 0.309 e. The van der Waals surface area contributed by atoms with Crippen LogP contribution < -0.4 is 4.74 Å². The van der Waals surface area contributed by atoms with Crippen LogP contribution in [0.25, 0.3) is 0 Å². The molecule has 0 bridgehead atoms. The van der Waals surface area contributed by atoms with Crippen LogP contribution in [0.15, 0.2) is 71.2 Å². The largest absolute Gasteiger partial charge is 0.469 e. The van der Waals surface area contributed by atoms with Crippen molar-refractivity contribution in [3.8, 4) is 11.5 Å². The van der Waals surface area contributed by atoms with E-state index >= 15 is 0 Å². The van der Waals surface area contributed by atoms with Gasteiger partial charge in [-0.05, 0) is 53.6 Å². The number of hydrogen-bond donors (Lipinski definition) is 0. The molecule has 4 nitrogen and oxygen atoms in total. The summed E-state index contributed by atoms with van der Waals surface area (Å²) in [6.45, 7) is 1.66. The molecule has 0 unspecified atom stereocenters. The number of ether oxygens (including phenoxy) is 2. The SMILES string of the molecule is COC(=O)Cc1cccc(Oc2ccc(Br)cc2C[N+](C)(C)CCc2ccc(F)cc2)c1. The highest BCUT2D eigenvalue weighted by Crippen LogP contribution is 2.30. The third-order valence-corrected chi connectivity index (χ3v) is 5.74. The van der Waals surface area contributed by atoms with Crippen molar-refractivity contribution >= 4 is 21.9 Å². The van der Waals surface area contributed by atoms with Gasteiger partial charge in [0.25, 0.3) is 0 Å². The van der Waals surface area contributed by atoms with E-state index < -0.39 is 0 Å². The summed E-state index contributed by atoms with van der Waals surface area (Å²) < 4.78 is 25.9. The second kappa shape index (κ2) is 10.7. The van der Waals surface area contributed by atoms with Gasteiger partial charge in [0.15, 0.2) is 0 Å². The van der Waals surface area contributed by atoms with Crippen molar-refractivity contribution in [2.45, 2.75) is 19.4 Å². The molecule has 3 rings (SSSR count). The summed E-state index contributed by atoms with van der Waals surface area (Å²) in [7, 11) is 5.73. The van der Waals surface area contributed by atoms with Crippen LogP contribution in [-0.2, 0) is 28.9 Å². The summed E-state index contributed by atoms with van der Waals surface area (Å²) in [6.07, 6.45) is 1.06. The molecule has 6 heteroatoms. The first-order valence-corrected chi connectivity index (χ1v) is 11.2. The van der Waals surface area contributed by atoms with Crippen molar-refractivity contribution in [1.29, 1.82) is 0 Å². The van der Waals surface area contributed by atoms with Gasteiger partial charge in [-0.1, -0.05) is 40.2 Å². The maximum atomic E-state index is 13.2. The predicted octanol–water partition coefficient (Wildman–Crippen LogP) is 5.92. The molecule has 168 valence electrons. The topological polar surface area (TPSA) is 35.5 Å². The molecule has 0 spiro atoms. The molecule has 0 amide bonds. The lowest BCUT2D eigenvalue weighted by Crippen LogP contribution is -2.40. The summed E-state index contributed by atoms with van der Waals surface area (Å²) in [5, 5.41) is 0. The van der Waals surface area contributed by atoms with Crippen LogP contribution in [0.1, 0.15) is 16.7 Å². The van der Waals surface area contributed by atoms with Crippen LogP contribution in [0.4, 0.5) is 4.39 Å². The zero-order valence-electron chi connectivity index (χ0n) is 18.6. The van der Waals surface area contributed by atoms with Crippen LogP contribution >= 0.6 is 15.9 Å². The quantitative estimate of drug-likeness (QED) is 0.270. The minimum Gasteiger partial charge on any atom is -0.469 e. The summed E-state index contributed by atoms with van der Waals surface area (Å²) in [5.74, 6) is 0.948. The number of methoxy groups -OCH3 is 1. The van der Waals surface area contributed by atoms with Crippen LogP contribution in [0.2, 0.25) is 0 Å². The molecule has 0 saturated heterocycles. The Kier molecular flexibility index (Phi) is 8.04. The molecule has 0 aliphatic rings. The molecule has 0 aliphatic heterocycles. The fourth-order valence-electron chi connectivity index (χ4n) is 3.48. The number of benzene rings is 3. The molecule has 3 aromatic rings. The van der Waals surface area contributed by atoms with E-state index in [1.54, 1.807) is 0 Å². The van der Waals surface area contributed by atoms with Gasteiger partial charge in [0, 0.05) is 10.9 Å². The van der Waals surface area contributed by atoms with Crippen LogP contribution in [0, 0.1) is 5.82 Å². The van der Waals surface area contributed by atoms with E-state index in [9.17, 15) is 9.18 Å². The molecule has 0 atom stereocenters. The highest BCUT2D eigenvalue weighted by Gasteiger charge is 2.20. The number of rotatable bonds is 9. The number of carbonyl (C=O) groups is 1. The molecule has 0 saturated carbocycles. The Hall–Kier alpha value is -2.70. The summed E-state index contributed by atoms with van der Waals surface area (Å²) >= 11 is 3.57. The molecule has 0 N–H and O–H groups in total. The molecule has 0 aliphatic carbocycles. The van der Waals surface area contributed by atoms with Gasteiger partial charge in [-0.3, -0.25) is 4.79 Å². The Balaban J connectivity index is 1.73. The third kappa shape index (κ3) is 7.18. The first-order valence-electron chi connectivity index (χ1n) is 10.4. The van der Waals surface area contributed by atoms with E-state index in [1.807, 2.05) is 48.5 Å². The Morgan fingerprint density at radius 2 is 1.75 bits per heavy atom. The maximum absolute atomic E-state index is 13.2. The maximum Gasteiger partial charge on any atom is 0.309 e. The van der Waals surface area contributed by atoms with Gasteiger partial charge in [-0.15, -0.1) is 0 Å². The third-order valence-electron chi connectivity index (χ3n) is 5.24. The average Bonchev–Trinajstić information content (AvgIpc) is 2.75. The Bertz CT molecular complexity index is 1070. The Morgan fingerprint density at radius 1 is 1.00 bits per heavy atom. The van der Waals surface area contributed by atoms with Gasteiger partial charge < -0.3 is 14.0 Å². The minimum atomic E-state index is -0.285. The van der Waals surface area contributed by atoms with Crippen molar-refractivity contribution in [3.63, 3.8) is 0 Å². The van der Waals surface area contributed by atoms with Crippen molar-refractivity contribution in [2.24, 2.45) is 0 Å². The number of halogens is 2. The monoisotopic (exact) mass is 500 g/mol. The molecule has 0 aromatic heterocycles. The molecular formula is C26H28BrFNO3+. The lowest BCUT2D eigenvalue weighted by Gasteiger charge is -2.30. The highest BCUT2D eigenvalue weighted by atomic mass is 79.9. The van der Waals surface area contributed by atoms with Crippen molar-refractivity contribution in [3.05, 3.63) is 93.7 Å². The van der Waals surface area contributed by atoms with Gasteiger partial charge in [0.2, 0.25) is 0 Å². The summed E-state index contributed by atoms with van der Waals surface area (Å²) in [5.41, 5.74) is 3.02. The Labute approximate surface area is 197 Å². The lowest BCUT2D eigenvalue weighted by atomic mass is 10.1. The van der Waals surface area contributed by atoms with Gasteiger partial charge in [-0.2, -0.15) is 0 Å². The second-order valence-electron chi connectivity index (χ2n) is 8.45. The van der Waals surface area contributed by atoms with Gasteiger partial charge in [0.1, 0.15) is 23.9 Å². The van der Waals surface area contributed by atoms with Crippen LogP contribution in [0.3, 0.4) is 0 Å². The van der Waals surface area contributed by atoms with Crippen LogP contribution in [0.5, 0.6) is 11.5 Å². The van der Waals surface area contributed by atoms with Crippen molar-refractivity contribution in [2.75, 3.05) is 27.7 Å². The second-order valence-corrected chi connectivity index (χ2v) is 9.36. The van der Waals surface area contributed by atoms with E-state index in [0.717, 1.165) is 50.9 Å². The molecule has 0 radical (unpaired) electrons. The molecule has 0 fully saturated rings. The lowest BCUT2D eigenvalue weighted by molar-refractivity contribution is -0.903. The zero-order valence-corrected chi connectivity index (χ0v) is 20.2. The van der Waals surface area contributed by atoms with Gasteiger partial charge in [0.05, 0.1) is 39.7 Å². The van der Waals surface area contributed by atoms with E-state index in [2.05, 4.69) is 36.1 Å². The first-order chi connectivity index (χ1) is 15.2. The number of hydrogen-bond acceptors (Lipinski definition) is 3. The predicted molar refractivity (Wildman–Crippen MR) is 127 cm³/mol. The van der Waals surface area contributed by atoms with E-state index in [0.29, 0.717) is 5.75 Å². The average molecular weight is 501 g/mol. The Morgan fingerprint density at radius 3 is 2.47 bits per heavy atom. The number of quaternary nitrogens is 1. The number of likely N-dealkylation sites (N-methyl/N-ethyl adjacent to an activating group) is 1. The molecule has 32 heavy (non-hydrogen) atoms. The number of carbonyl (C=O) groups excluding carboxylic acids is 1. The van der Waals surface area contributed by atoms with Crippen molar-refractivity contribution < 1.29 is 23.1 Å². The zero-order chi connectivity index (χ0) is 23.1. The van der Waals surface area contributed by atoms with E-state index in [1.165, 1.54) is 19.2 Å². The fourth-order valence-corrected chi connectivity index (χ4v) is 3.89. The number of nitrogens with zero attached hydrogens (tertiary/aromatic N) is 1. The summed E-state index contributed by atoms with van der Waals surface area (Å²) in [6, 6.07) is 20.1.